The third kappa shape index (κ3) is 3.63. The van der Waals surface area contributed by atoms with Gasteiger partial charge in [-0.3, -0.25) is 14.9 Å². The molecule has 1 aromatic carbocycles. The maximum absolute atomic E-state index is 10.9. The van der Waals surface area contributed by atoms with Gasteiger partial charge in [0.25, 0.3) is 5.69 Å². The maximum Gasteiger partial charge on any atom is 0.304 e. The Kier molecular flexibility index (Phi) is 4.31. The number of halogens is 1. The first-order valence-electron chi connectivity index (χ1n) is 5.36. The highest BCUT2D eigenvalue weighted by Crippen LogP contribution is 2.22. The highest BCUT2D eigenvalue weighted by molar-refractivity contribution is 7.07. The van der Waals surface area contributed by atoms with Crippen LogP contribution >= 0.6 is 22.9 Å². The number of aromatic nitrogens is 1. The predicted molar refractivity (Wildman–Crippen MR) is 73.6 cm³/mol. The Morgan fingerprint density at radius 3 is 2.79 bits per heavy atom. The second kappa shape index (κ2) is 5.96. The van der Waals surface area contributed by atoms with Gasteiger partial charge in [0.05, 0.1) is 9.95 Å². The van der Waals surface area contributed by atoms with Gasteiger partial charge in [-0.15, -0.1) is 0 Å². The number of nitro groups is 1. The standard InChI is InChI=1S/C11H10ClN3O3S/c12-10-3-9(15(17)18)2-1-7(10)4-13-5-8-6-19-11(16)14-8/h1-3,6,13H,4-5H2,(H,14,16). The first-order valence-corrected chi connectivity index (χ1v) is 6.62. The second-order valence-electron chi connectivity index (χ2n) is 3.81. The molecular formula is C11H10ClN3O3S. The average molecular weight is 300 g/mol. The van der Waals surface area contributed by atoms with Gasteiger partial charge >= 0.3 is 4.87 Å². The maximum atomic E-state index is 10.9. The molecule has 2 rings (SSSR count). The SMILES string of the molecule is O=c1[nH]c(CNCc2ccc([N+](=O)[O-])cc2Cl)cs1. The number of aromatic amines is 1. The fourth-order valence-corrected chi connectivity index (χ4v) is 2.35. The molecule has 0 saturated carbocycles. The predicted octanol–water partition coefficient (Wildman–Crippen LogP) is 2.29. The zero-order valence-electron chi connectivity index (χ0n) is 9.68. The average Bonchev–Trinajstić information content (AvgIpc) is 2.77. The van der Waals surface area contributed by atoms with Crippen molar-refractivity contribution in [1.29, 1.82) is 0 Å². The number of nitrogens with one attached hydrogen (secondary N) is 2. The van der Waals surface area contributed by atoms with E-state index in [2.05, 4.69) is 10.3 Å². The zero-order chi connectivity index (χ0) is 13.8. The van der Waals surface area contributed by atoms with Gasteiger partial charge in [-0.1, -0.05) is 22.9 Å². The number of hydrogen-bond donors (Lipinski definition) is 2. The van der Waals surface area contributed by atoms with Gasteiger partial charge in [-0.05, 0) is 11.6 Å². The largest absolute Gasteiger partial charge is 0.315 e. The van der Waals surface area contributed by atoms with Crippen molar-refractivity contribution in [2.45, 2.75) is 13.1 Å². The first kappa shape index (κ1) is 13.7. The summed E-state index contributed by atoms with van der Waals surface area (Å²) in [5.41, 5.74) is 1.54. The number of rotatable bonds is 5. The Morgan fingerprint density at radius 1 is 1.42 bits per heavy atom. The first-order chi connectivity index (χ1) is 9.06. The molecule has 8 heteroatoms. The van der Waals surface area contributed by atoms with Gasteiger partial charge in [0.1, 0.15) is 0 Å². The summed E-state index contributed by atoms with van der Waals surface area (Å²) in [6.45, 7) is 0.973. The van der Waals surface area contributed by atoms with Gasteiger partial charge in [0.15, 0.2) is 0 Å². The van der Waals surface area contributed by atoms with E-state index in [9.17, 15) is 14.9 Å². The Bertz CT molecular complexity index is 653. The van der Waals surface area contributed by atoms with Crippen LogP contribution in [0.4, 0.5) is 5.69 Å². The summed E-state index contributed by atoms with van der Waals surface area (Å²) in [6, 6.07) is 4.35. The van der Waals surface area contributed by atoms with Crippen molar-refractivity contribution in [3.8, 4) is 0 Å². The van der Waals surface area contributed by atoms with Crippen molar-refractivity contribution in [2.75, 3.05) is 0 Å². The number of benzene rings is 1. The van der Waals surface area contributed by atoms with Crippen LogP contribution in [0.3, 0.4) is 0 Å². The molecule has 2 aromatic rings. The van der Waals surface area contributed by atoms with E-state index in [1.54, 1.807) is 11.4 Å². The van der Waals surface area contributed by atoms with Gasteiger partial charge in [-0.2, -0.15) is 0 Å². The molecule has 0 aliphatic rings. The fourth-order valence-electron chi connectivity index (χ4n) is 1.53. The number of thiazole rings is 1. The molecule has 0 aliphatic heterocycles. The molecule has 0 amide bonds. The van der Waals surface area contributed by atoms with Crippen LogP contribution in [0.5, 0.6) is 0 Å². The lowest BCUT2D eigenvalue weighted by molar-refractivity contribution is -0.384. The van der Waals surface area contributed by atoms with Gasteiger partial charge in [-0.25, -0.2) is 0 Å². The van der Waals surface area contributed by atoms with Crippen molar-refractivity contribution in [3.63, 3.8) is 0 Å². The molecule has 0 saturated heterocycles. The molecule has 0 spiro atoms. The molecular weight excluding hydrogens is 290 g/mol. The van der Waals surface area contributed by atoms with E-state index in [0.29, 0.717) is 18.1 Å². The molecule has 1 aromatic heterocycles. The van der Waals surface area contributed by atoms with Crippen LogP contribution in [-0.4, -0.2) is 9.91 Å². The normalized spacial score (nSPS) is 10.6. The molecule has 0 bridgehead atoms. The fraction of sp³-hybridized carbons (Fsp3) is 0.182. The van der Waals surface area contributed by atoms with E-state index in [4.69, 9.17) is 11.6 Å². The Hall–Kier alpha value is -1.70. The minimum Gasteiger partial charge on any atom is -0.315 e. The van der Waals surface area contributed by atoms with Crippen molar-refractivity contribution < 1.29 is 4.92 Å². The van der Waals surface area contributed by atoms with Gasteiger partial charge in [0, 0.05) is 36.3 Å². The topological polar surface area (TPSA) is 88.0 Å². The molecule has 0 atom stereocenters. The lowest BCUT2D eigenvalue weighted by atomic mass is 10.2. The Labute approximate surface area is 117 Å². The monoisotopic (exact) mass is 299 g/mol. The number of non-ortho nitro benzene ring substituents is 1. The van der Waals surface area contributed by atoms with E-state index in [-0.39, 0.29) is 10.6 Å². The Balaban J connectivity index is 1.96. The summed E-state index contributed by atoms with van der Waals surface area (Å²) in [7, 11) is 0. The van der Waals surface area contributed by atoms with Crippen molar-refractivity contribution in [1.82, 2.24) is 10.3 Å². The van der Waals surface area contributed by atoms with Crippen molar-refractivity contribution >= 4 is 28.6 Å². The van der Waals surface area contributed by atoms with Crippen LogP contribution in [0.2, 0.25) is 5.02 Å². The lowest BCUT2D eigenvalue weighted by Gasteiger charge is -2.05. The summed E-state index contributed by atoms with van der Waals surface area (Å²) in [5.74, 6) is 0. The molecule has 0 radical (unpaired) electrons. The summed E-state index contributed by atoms with van der Waals surface area (Å²) >= 11 is 7.07. The number of nitro benzene ring substituents is 1. The van der Waals surface area contributed by atoms with Crippen LogP contribution in [0.15, 0.2) is 28.4 Å². The van der Waals surface area contributed by atoms with Crippen LogP contribution in [0.1, 0.15) is 11.3 Å². The van der Waals surface area contributed by atoms with Gasteiger partial charge in [0.2, 0.25) is 0 Å². The van der Waals surface area contributed by atoms with Crippen LogP contribution in [0, 0.1) is 10.1 Å². The minimum absolute atomic E-state index is 0.0316. The summed E-state index contributed by atoms with van der Waals surface area (Å²) in [5, 5.41) is 15.8. The van der Waals surface area contributed by atoms with Crippen LogP contribution in [-0.2, 0) is 13.1 Å². The summed E-state index contributed by atoms with van der Waals surface area (Å²) in [4.78, 5) is 23.6. The second-order valence-corrected chi connectivity index (χ2v) is 5.06. The molecule has 0 unspecified atom stereocenters. The molecule has 2 N–H and O–H groups in total. The smallest absolute Gasteiger partial charge is 0.304 e. The van der Waals surface area contributed by atoms with Gasteiger partial charge < -0.3 is 10.3 Å². The quantitative estimate of drug-likeness (QED) is 0.655. The molecule has 19 heavy (non-hydrogen) atoms. The molecule has 1 heterocycles. The lowest BCUT2D eigenvalue weighted by Crippen LogP contribution is -2.14. The van der Waals surface area contributed by atoms with E-state index < -0.39 is 4.92 Å². The third-order valence-electron chi connectivity index (χ3n) is 2.45. The van der Waals surface area contributed by atoms with E-state index >= 15 is 0 Å². The highest BCUT2D eigenvalue weighted by atomic mass is 35.5. The van der Waals surface area contributed by atoms with Crippen LogP contribution in [0.25, 0.3) is 0 Å². The third-order valence-corrected chi connectivity index (χ3v) is 3.52. The number of H-pyrrole nitrogens is 1. The van der Waals surface area contributed by atoms with E-state index in [1.807, 2.05) is 0 Å². The zero-order valence-corrected chi connectivity index (χ0v) is 11.3. The minimum atomic E-state index is -0.487. The highest BCUT2D eigenvalue weighted by Gasteiger charge is 2.09. The van der Waals surface area contributed by atoms with Crippen LogP contribution < -0.4 is 10.2 Å². The number of nitrogens with zero attached hydrogens (tertiary/aromatic N) is 1. The molecule has 100 valence electrons. The summed E-state index contributed by atoms with van der Waals surface area (Å²) < 4.78 is 0. The van der Waals surface area contributed by atoms with E-state index in [1.165, 1.54) is 12.1 Å². The molecule has 0 fully saturated rings. The molecule has 6 nitrogen and oxygen atoms in total. The number of hydrogen-bond acceptors (Lipinski definition) is 5. The Morgan fingerprint density at radius 2 is 2.21 bits per heavy atom. The van der Waals surface area contributed by atoms with E-state index in [0.717, 1.165) is 22.6 Å². The summed E-state index contributed by atoms with van der Waals surface area (Å²) in [6.07, 6.45) is 0. The van der Waals surface area contributed by atoms with Crippen molar-refractivity contribution in [2.24, 2.45) is 0 Å². The van der Waals surface area contributed by atoms with Crippen molar-refractivity contribution in [3.05, 3.63) is 59.6 Å². The molecule has 0 aliphatic carbocycles.